The number of piperazine rings is 1. The lowest BCUT2D eigenvalue weighted by Crippen LogP contribution is -2.50. The van der Waals surface area contributed by atoms with E-state index in [2.05, 4.69) is 21.8 Å². The van der Waals surface area contributed by atoms with E-state index in [4.69, 9.17) is 0 Å². The molecule has 0 saturated carbocycles. The second-order valence-corrected chi connectivity index (χ2v) is 6.97. The summed E-state index contributed by atoms with van der Waals surface area (Å²) in [4.78, 5) is 17.4. The van der Waals surface area contributed by atoms with Gasteiger partial charge in [-0.1, -0.05) is 12.6 Å². The maximum Gasteiger partial charge on any atom is 0.243 e. The van der Waals surface area contributed by atoms with E-state index in [-0.39, 0.29) is 18.2 Å². The Bertz CT molecular complexity index is 610. The number of nitrogens with zero attached hydrogens (tertiary/aromatic N) is 3. The second-order valence-electron chi connectivity index (χ2n) is 4.89. The van der Waals surface area contributed by atoms with Crippen molar-refractivity contribution in [1.82, 2.24) is 14.6 Å². The van der Waals surface area contributed by atoms with Crippen LogP contribution in [0.3, 0.4) is 0 Å². The summed E-state index contributed by atoms with van der Waals surface area (Å²) in [5, 5.41) is 2.48. The highest BCUT2D eigenvalue weighted by Crippen LogP contribution is 2.14. The van der Waals surface area contributed by atoms with Gasteiger partial charge in [0.2, 0.25) is 15.9 Å². The van der Waals surface area contributed by atoms with Gasteiger partial charge in [0, 0.05) is 38.9 Å². The van der Waals surface area contributed by atoms with Crippen molar-refractivity contribution in [2.75, 3.05) is 43.4 Å². The Morgan fingerprint density at radius 3 is 2.64 bits per heavy atom. The minimum atomic E-state index is -3.36. The van der Waals surface area contributed by atoms with Crippen molar-refractivity contribution in [3.63, 3.8) is 0 Å². The van der Waals surface area contributed by atoms with E-state index < -0.39 is 10.0 Å². The van der Waals surface area contributed by atoms with Crippen molar-refractivity contribution in [1.29, 1.82) is 0 Å². The molecule has 1 fully saturated rings. The van der Waals surface area contributed by atoms with Crippen LogP contribution in [0, 0.1) is 0 Å². The predicted octanol–water partition coefficient (Wildman–Crippen LogP) is -0.164. The maximum absolute atomic E-state index is 12.2. The molecule has 1 amide bonds. The molecule has 0 aromatic carbocycles. The molecule has 0 atom stereocenters. The van der Waals surface area contributed by atoms with E-state index in [9.17, 15) is 13.2 Å². The third kappa shape index (κ3) is 4.28. The summed E-state index contributed by atoms with van der Waals surface area (Å²) in [5.41, 5.74) is 0. The number of amides is 1. The summed E-state index contributed by atoms with van der Waals surface area (Å²) in [5.74, 6) is 0.392. The quantitative estimate of drug-likeness (QED) is 0.735. The number of aromatic nitrogens is 1. The molecule has 7 nitrogen and oxygen atoms in total. The number of carbonyl (C=O) groups excluding carboxylic acids is 1. The molecular formula is C14H20N4O3S. The molecule has 0 aliphatic carbocycles. The molecule has 120 valence electrons. The molecule has 1 aromatic heterocycles. The highest BCUT2D eigenvalue weighted by atomic mass is 32.2. The lowest BCUT2D eigenvalue weighted by Gasteiger charge is -2.34. The molecule has 0 radical (unpaired) electrons. The van der Waals surface area contributed by atoms with Gasteiger partial charge in [-0.15, -0.1) is 0 Å². The van der Waals surface area contributed by atoms with Crippen LogP contribution in [0.1, 0.15) is 0 Å². The largest absolute Gasteiger partial charge is 0.354 e. The summed E-state index contributed by atoms with van der Waals surface area (Å²) < 4.78 is 25.9. The van der Waals surface area contributed by atoms with Crippen LogP contribution in [0.5, 0.6) is 0 Å². The summed E-state index contributed by atoms with van der Waals surface area (Å²) in [6.45, 7) is 5.47. The van der Waals surface area contributed by atoms with Gasteiger partial charge in [-0.3, -0.25) is 4.79 Å². The fourth-order valence-corrected chi connectivity index (χ4v) is 3.58. The summed E-state index contributed by atoms with van der Waals surface area (Å²) >= 11 is 0. The van der Waals surface area contributed by atoms with Gasteiger partial charge in [0.05, 0.1) is 5.75 Å². The zero-order valence-corrected chi connectivity index (χ0v) is 13.1. The number of anilines is 1. The van der Waals surface area contributed by atoms with E-state index in [0.717, 1.165) is 11.9 Å². The molecule has 0 unspecified atom stereocenters. The van der Waals surface area contributed by atoms with Gasteiger partial charge in [-0.25, -0.2) is 13.4 Å². The molecule has 0 bridgehead atoms. The Balaban J connectivity index is 1.85. The first-order chi connectivity index (χ1) is 10.5. The molecule has 1 aromatic rings. The Kier molecular flexibility index (Phi) is 5.51. The van der Waals surface area contributed by atoms with Crippen LogP contribution in [0.15, 0.2) is 37.1 Å². The summed E-state index contributed by atoms with van der Waals surface area (Å²) in [6.07, 6.45) is 2.85. The lowest BCUT2D eigenvalue weighted by molar-refractivity contribution is -0.116. The molecule has 2 rings (SSSR count). The van der Waals surface area contributed by atoms with Gasteiger partial charge in [-0.05, 0) is 18.2 Å². The maximum atomic E-state index is 12.2. The highest BCUT2D eigenvalue weighted by Gasteiger charge is 2.26. The average Bonchev–Trinajstić information content (AvgIpc) is 2.55. The van der Waals surface area contributed by atoms with Crippen LogP contribution < -0.4 is 10.2 Å². The Morgan fingerprint density at radius 1 is 1.32 bits per heavy atom. The normalized spacial score (nSPS) is 16.3. The van der Waals surface area contributed by atoms with Crippen molar-refractivity contribution in [2.24, 2.45) is 0 Å². The molecule has 1 saturated heterocycles. The number of hydrogen-bond donors (Lipinski definition) is 1. The number of sulfonamides is 1. The lowest BCUT2D eigenvalue weighted by atomic mass is 10.3. The van der Waals surface area contributed by atoms with Crippen LogP contribution in [-0.2, 0) is 14.8 Å². The van der Waals surface area contributed by atoms with Crippen LogP contribution in [0.2, 0.25) is 0 Å². The number of pyridine rings is 1. The van der Waals surface area contributed by atoms with E-state index in [1.165, 1.54) is 4.31 Å². The first-order valence-electron chi connectivity index (χ1n) is 7.07. The van der Waals surface area contributed by atoms with Crippen molar-refractivity contribution in [3.05, 3.63) is 37.1 Å². The van der Waals surface area contributed by atoms with E-state index in [1.54, 1.807) is 6.20 Å². The molecule has 22 heavy (non-hydrogen) atoms. The molecule has 0 spiro atoms. The Labute approximate surface area is 130 Å². The zero-order valence-electron chi connectivity index (χ0n) is 12.3. The minimum absolute atomic E-state index is 0.0909. The van der Waals surface area contributed by atoms with Crippen LogP contribution >= 0.6 is 0 Å². The fourth-order valence-electron chi connectivity index (χ4n) is 2.24. The summed E-state index contributed by atoms with van der Waals surface area (Å²) in [6, 6.07) is 5.67. The van der Waals surface area contributed by atoms with E-state index in [1.807, 2.05) is 18.2 Å². The standard InChI is InChI=1S/C14H20N4O3S/c1-2-14(19)16-7-12-22(20,21)18-10-8-17(9-11-18)13-5-3-4-6-15-13/h2-6H,1,7-12H2,(H,16,19). The van der Waals surface area contributed by atoms with Crippen LogP contribution in [0.25, 0.3) is 0 Å². The predicted molar refractivity (Wildman–Crippen MR) is 85.0 cm³/mol. The van der Waals surface area contributed by atoms with E-state index >= 15 is 0 Å². The molecule has 8 heteroatoms. The van der Waals surface area contributed by atoms with Gasteiger partial charge >= 0.3 is 0 Å². The fraction of sp³-hybridized carbons (Fsp3) is 0.429. The van der Waals surface area contributed by atoms with Gasteiger partial charge in [0.15, 0.2) is 0 Å². The van der Waals surface area contributed by atoms with Crippen molar-refractivity contribution in [3.8, 4) is 0 Å². The third-order valence-corrected chi connectivity index (χ3v) is 5.32. The SMILES string of the molecule is C=CC(=O)NCCS(=O)(=O)N1CCN(c2ccccn2)CC1. The van der Waals surface area contributed by atoms with Crippen molar-refractivity contribution >= 4 is 21.7 Å². The highest BCUT2D eigenvalue weighted by molar-refractivity contribution is 7.89. The minimum Gasteiger partial charge on any atom is -0.354 e. The average molecular weight is 324 g/mol. The molecular weight excluding hydrogens is 304 g/mol. The van der Waals surface area contributed by atoms with Gasteiger partial charge in [0.25, 0.3) is 0 Å². The van der Waals surface area contributed by atoms with Gasteiger partial charge in [-0.2, -0.15) is 4.31 Å². The Hall–Kier alpha value is -1.93. The topological polar surface area (TPSA) is 82.6 Å². The molecule has 1 N–H and O–H groups in total. The summed E-state index contributed by atoms with van der Waals surface area (Å²) in [7, 11) is -3.36. The van der Waals surface area contributed by atoms with Crippen LogP contribution in [0.4, 0.5) is 5.82 Å². The zero-order chi connectivity index (χ0) is 16.0. The Morgan fingerprint density at radius 2 is 2.05 bits per heavy atom. The van der Waals surface area contributed by atoms with Crippen molar-refractivity contribution in [2.45, 2.75) is 0 Å². The van der Waals surface area contributed by atoms with Gasteiger partial charge in [0.1, 0.15) is 5.82 Å². The number of hydrogen-bond acceptors (Lipinski definition) is 5. The van der Waals surface area contributed by atoms with Gasteiger partial charge < -0.3 is 10.2 Å². The number of nitrogens with one attached hydrogen (secondary N) is 1. The van der Waals surface area contributed by atoms with Crippen molar-refractivity contribution < 1.29 is 13.2 Å². The number of carbonyl (C=O) groups is 1. The van der Waals surface area contributed by atoms with Crippen LogP contribution in [-0.4, -0.2) is 62.1 Å². The number of rotatable bonds is 6. The van der Waals surface area contributed by atoms with E-state index in [0.29, 0.717) is 26.2 Å². The smallest absolute Gasteiger partial charge is 0.243 e. The molecule has 1 aliphatic rings. The molecule has 1 aliphatic heterocycles. The third-order valence-electron chi connectivity index (χ3n) is 3.45. The first-order valence-corrected chi connectivity index (χ1v) is 8.68. The molecule has 2 heterocycles. The monoisotopic (exact) mass is 324 g/mol. The first kappa shape index (κ1) is 16.4. The second kappa shape index (κ2) is 7.37.